The van der Waals surface area contributed by atoms with E-state index in [9.17, 15) is 4.79 Å². The lowest BCUT2D eigenvalue weighted by Crippen LogP contribution is -2.47. The van der Waals surface area contributed by atoms with Crippen molar-refractivity contribution in [1.82, 2.24) is 9.97 Å². The monoisotopic (exact) mass is 455 g/mol. The Hall–Kier alpha value is -4.18. The van der Waals surface area contributed by atoms with E-state index in [0.29, 0.717) is 5.95 Å². The molecule has 4 heteroatoms. The van der Waals surface area contributed by atoms with Crippen LogP contribution in [0.2, 0.25) is 0 Å². The normalized spacial score (nSPS) is 22.0. The molecule has 0 aliphatic heterocycles. The second-order valence-corrected chi connectivity index (χ2v) is 9.98. The zero-order valence-electron chi connectivity index (χ0n) is 19.5. The number of carbonyl (C=O) groups excluding carboxylic acids is 1. The molecule has 1 amide bonds. The van der Waals surface area contributed by atoms with E-state index in [-0.39, 0.29) is 17.7 Å². The first kappa shape index (κ1) is 20.2. The van der Waals surface area contributed by atoms with Crippen molar-refractivity contribution in [2.45, 2.75) is 25.2 Å². The largest absolute Gasteiger partial charge is 0.330 e. The number of H-pyrrole nitrogens is 1. The number of benzene rings is 4. The molecular weight excluding hydrogens is 430 g/mol. The zero-order valence-corrected chi connectivity index (χ0v) is 19.5. The zero-order chi connectivity index (χ0) is 23.6. The van der Waals surface area contributed by atoms with Crippen LogP contribution < -0.4 is 5.32 Å². The van der Waals surface area contributed by atoms with Crippen molar-refractivity contribution in [1.29, 1.82) is 0 Å². The highest BCUT2D eigenvalue weighted by atomic mass is 16.2. The number of nitrogens with zero attached hydrogens (tertiary/aromatic N) is 1. The van der Waals surface area contributed by atoms with Crippen LogP contribution in [-0.4, -0.2) is 15.9 Å². The van der Waals surface area contributed by atoms with Gasteiger partial charge in [-0.2, -0.15) is 0 Å². The standard InChI is InChI=1S/C31H25N3O/c1-31(17-26-21-12-4-6-14-24(21)28(31)25-15-7-5-13-22(25)26)29(35)34-30-32-18-27(33-30)23-16-8-10-19-9-2-3-11-20(19)23/h2-16,18,26,28H,17H2,1H3,(H2,32,33,34,35). The second kappa shape index (κ2) is 7.41. The number of aromatic amines is 1. The maximum Gasteiger partial charge on any atom is 0.233 e. The number of imidazole rings is 1. The lowest BCUT2D eigenvalue weighted by Gasteiger charge is -2.50. The summed E-state index contributed by atoms with van der Waals surface area (Å²) in [7, 11) is 0. The molecule has 8 rings (SSSR count). The predicted octanol–water partition coefficient (Wildman–Crippen LogP) is 6.86. The van der Waals surface area contributed by atoms with E-state index in [4.69, 9.17) is 4.98 Å². The molecule has 1 heterocycles. The van der Waals surface area contributed by atoms with Crippen LogP contribution in [-0.2, 0) is 4.79 Å². The number of hydrogen-bond donors (Lipinski definition) is 2. The molecule has 1 unspecified atom stereocenters. The number of anilines is 1. The fraction of sp³-hybridized carbons (Fsp3) is 0.161. The quantitative estimate of drug-likeness (QED) is 0.312. The summed E-state index contributed by atoms with van der Waals surface area (Å²) in [6, 6.07) is 31.7. The lowest BCUT2D eigenvalue weighted by molar-refractivity contribution is -0.126. The highest BCUT2D eigenvalue weighted by molar-refractivity contribution is 5.98. The fourth-order valence-corrected chi connectivity index (χ4v) is 6.41. The molecule has 0 spiro atoms. The van der Waals surface area contributed by atoms with Gasteiger partial charge in [-0.25, -0.2) is 4.98 Å². The van der Waals surface area contributed by atoms with Gasteiger partial charge in [0, 0.05) is 23.6 Å². The summed E-state index contributed by atoms with van der Waals surface area (Å²) in [4.78, 5) is 21.8. The summed E-state index contributed by atoms with van der Waals surface area (Å²) in [5.41, 5.74) is 6.57. The van der Waals surface area contributed by atoms with Crippen molar-refractivity contribution in [2.75, 3.05) is 5.32 Å². The molecule has 2 N–H and O–H groups in total. The van der Waals surface area contributed by atoms with Crippen LogP contribution in [0.1, 0.15) is 47.4 Å². The molecule has 1 atom stereocenters. The van der Waals surface area contributed by atoms with Gasteiger partial charge in [0.15, 0.2) is 0 Å². The maximum atomic E-state index is 13.9. The van der Waals surface area contributed by atoms with Crippen molar-refractivity contribution < 1.29 is 4.79 Å². The number of amides is 1. The lowest BCUT2D eigenvalue weighted by atomic mass is 9.52. The Labute approximate surface area is 204 Å². The van der Waals surface area contributed by atoms with E-state index in [1.54, 1.807) is 0 Å². The number of fused-ring (bicyclic) bond motifs is 2. The van der Waals surface area contributed by atoms with Gasteiger partial charge in [0.25, 0.3) is 0 Å². The average molecular weight is 456 g/mol. The van der Waals surface area contributed by atoms with Gasteiger partial charge in [0.2, 0.25) is 11.9 Å². The third kappa shape index (κ3) is 2.93. The third-order valence-corrected chi connectivity index (χ3v) is 8.02. The number of aromatic nitrogens is 2. The number of nitrogens with one attached hydrogen (secondary N) is 2. The van der Waals surface area contributed by atoms with Crippen LogP contribution in [0.15, 0.2) is 97.2 Å². The Balaban J connectivity index is 1.24. The molecule has 1 aromatic heterocycles. The van der Waals surface area contributed by atoms with Gasteiger partial charge in [-0.05, 0) is 46.4 Å². The van der Waals surface area contributed by atoms with Crippen LogP contribution in [0.5, 0.6) is 0 Å². The molecule has 0 saturated carbocycles. The van der Waals surface area contributed by atoms with Crippen molar-refractivity contribution in [3.8, 4) is 11.3 Å². The number of carbonyl (C=O) groups is 1. The van der Waals surface area contributed by atoms with E-state index in [1.165, 1.54) is 27.6 Å². The summed E-state index contributed by atoms with van der Waals surface area (Å²) in [5, 5.41) is 5.44. The van der Waals surface area contributed by atoms with E-state index in [2.05, 4.69) is 90.0 Å². The van der Waals surface area contributed by atoms with Gasteiger partial charge in [-0.15, -0.1) is 0 Å². The number of hydrogen-bond acceptors (Lipinski definition) is 2. The summed E-state index contributed by atoms with van der Waals surface area (Å²) in [6.45, 7) is 2.11. The minimum absolute atomic E-state index is 0.00956. The van der Waals surface area contributed by atoms with Crippen molar-refractivity contribution >= 4 is 22.6 Å². The summed E-state index contributed by atoms with van der Waals surface area (Å²) < 4.78 is 0. The van der Waals surface area contributed by atoms with Gasteiger partial charge in [-0.1, -0.05) is 91.0 Å². The Morgan fingerprint density at radius 1 is 0.857 bits per heavy atom. The molecule has 3 aliphatic carbocycles. The molecule has 2 bridgehead atoms. The third-order valence-electron chi connectivity index (χ3n) is 8.02. The molecule has 170 valence electrons. The van der Waals surface area contributed by atoms with Crippen LogP contribution >= 0.6 is 0 Å². The topological polar surface area (TPSA) is 57.8 Å². The number of rotatable bonds is 3. The smallest absolute Gasteiger partial charge is 0.233 e. The Kier molecular flexibility index (Phi) is 4.28. The fourth-order valence-electron chi connectivity index (χ4n) is 6.41. The summed E-state index contributed by atoms with van der Waals surface area (Å²) in [5.74, 6) is 0.746. The average Bonchev–Trinajstić information content (AvgIpc) is 3.36. The Morgan fingerprint density at radius 2 is 1.49 bits per heavy atom. The molecule has 4 aromatic carbocycles. The van der Waals surface area contributed by atoms with Crippen molar-refractivity contribution in [3.05, 3.63) is 119 Å². The summed E-state index contributed by atoms with van der Waals surface area (Å²) in [6.07, 6.45) is 2.66. The van der Waals surface area contributed by atoms with Crippen LogP contribution in [0.25, 0.3) is 22.0 Å². The molecule has 5 aromatic rings. The first-order valence-electron chi connectivity index (χ1n) is 12.2. The van der Waals surface area contributed by atoms with Crippen LogP contribution in [0.3, 0.4) is 0 Å². The van der Waals surface area contributed by atoms with Crippen molar-refractivity contribution in [2.24, 2.45) is 5.41 Å². The molecule has 0 radical (unpaired) electrons. The van der Waals surface area contributed by atoms with E-state index in [0.717, 1.165) is 23.1 Å². The molecule has 35 heavy (non-hydrogen) atoms. The molecular formula is C31H25N3O. The first-order valence-corrected chi connectivity index (χ1v) is 12.2. The van der Waals surface area contributed by atoms with Crippen LogP contribution in [0.4, 0.5) is 5.95 Å². The SMILES string of the molecule is CC1(C(=O)Nc2nc(-c3cccc4ccccc34)c[nH]2)CC2c3ccccc3C1c1ccccc12. The molecule has 3 aliphatic rings. The highest BCUT2D eigenvalue weighted by Crippen LogP contribution is 2.61. The van der Waals surface area contributed by atoms with Gasteiger partial charge < -0.3 is 4.98 Å². The van der Waals surface area contributed by atoms with E-state index in [1.807, 2.05) is 24.4 Å². The minimum Gasteiger partial charge on any atom is -0.330 e. The van der Waals surface area contributed by atoms with E-state index < -0.39 is 5.41 Å². The van der Waals surface area contributed by atoms with Crippen molar-refractivity contribution in [3.63, 3.8) is 0 Å². The van der Waals surface area contributed by atoms with Crippen LogP contribution in [0, 0.1) is 5.41 Å². The minimum atomic E-state index is -0.570. The van der Waals surface area contributed by atoms with Gasteiger partial charge in [0.1, 0.15) is 0 Å². The van der Waals surface area contributed by atoms with Gasteiger partial charge >= 0.3 is 0 Å². The Bertz CT molecular complexity index is 1560. The molecule has 4 nitrogen and oxygen atoms in total. The first-order chi connectivity index (χ1) is 17.1. The predicted molar refractivity (Wildman–Crippen MR) is 139 cm³/mol. The van der Waals surface area contributed by atoms with E-state index >= 15 is 0 Å². The molecule has 0 saturated heterocycles. The molecule has 0 fully saturated rings. The second-order valence-electron chi connectivity index (χ2n) is 9.98. The highest BCUT2D eigenvalue weighted by Gasteiger charge is 2.53. The maximum absolute atomic E-state index is 13.9. The summed E-state index contributed by atoms with van der Waals surface area (Å²) >= 11 is 0. The van der Waals surface area contributed by atoms with Gasteiger partial charge in [0.05, 0.1) is 11.1 Å². The van der Waals surface area contributed by atoms with Gasteiger partial charge in [-0.3, -0.25) is 10.1 Å². The Morgan fingerprint density at radius 3 is 2.23 bits per heavy atom.